The zero-order valence-corrected chi connectivity index (χ0v) is 17.9. The number of aromatic amines is 1. The summed E-state index contributed by atoms with van der Waals surface area (Å²) in [6, 6.07) is 7.37. The Morgan fingerprint density at radius 1 is 1.12 bits per heavy atom. The van der Waals surface area contributed by atoms with E-state index in [2.05, 4.69) is 15.2 Å². The normalized spacial score (nSPS) is 15.0. The summed E-state index contributed by atoms with van der Waals surface area (Å²) in [6.45, 7) is 2.64. The zero-order chi connectivity index (χ0) is 23.0. The number of phenolic OH excluding ortho intramolecular Hbond substituents is 2. The maximum Gasteiger partial charge on any atom is 0.286 e. The van der Waals surface area contributed by atoms with Crippen molar-refractivity contribution in [3.8, 4) is 34.0 Å². The predicted octanol–water partition coefficient (Wildman–Crippen LogP) is 0.978. The van der Waals surface area contributed by atoms with Crippen molar-refractivity contribution in [2.75, 3.05) is 26.3 Å². The highest BCUT2D eigenvalue weighted by atomic mass is 32.2. The van der Waals surface area contributed by atoms with E-state index in [9.17, 15) is 23.4 Å². The number of morpholine rings is 1. The number of rotatable bonds is 5. The van der Waals surface area contributed by atoms with Crippen molar-refractivity contribution in [1.82, 2.24) is 19.5 Å². The van der Waals surface area contributed by atoms with Crippen molar-refractivity contribution in [2.24, 2.45) is 5.73 Å². The van der Waals surface area contributed by atoms with Crippen LogP contribution in [0.1, 0.15) is 16.2 Å². The summed E-state index contributed by atoms with van der Waals surface area (Å²) < 4.78 is 32.6. The molecule has 2 aromatic carbocycles. The molecule has 1 fully saturated rings. The minimum absolute atomic E-state index is 0.103. The number of hydrogen-bond donors (Lipinski definition) is 4. The number of nitrogens with one attached hydrogen (secondary N) is 1. The number of nitrogens with zero attached hydrogens (tertiary/aromatic N) is 3. The second kappa shape index (κ2) is 8.22. The number of ether oxygens (including phenoxy) is 1. The number of sulfonamides is 1. The summed E-state index contributed by atoms with van der Waals surface area (Å²) in [6.07, 6.45) is 0. The summed E-state index contributed by atoms with van der Waals surface area (Å²) >= 11 is 0. The van der Waals surface area contributed by atoms with Crippen molar-refractivity contribution >= 4 is 15.9 Å². The van der Waals surface area contributed by atoms with Gasteiger partial charge in [-0.3, -0.25) is 9.89 Å². The number of aryl methyl sites for hydroxylation is 1. The minimum atomic E-state index is -4.01. The van der Waals surface area contributed by atoms with Crippen molar-refractivity contribution < 1.29 is 28.2 Å². The van der Waals surface area contributed by atoms with Gasteiger partial charge in [0.15, 0.2) is 5.82 Å². The fourth-order valence-electron chi connectivity index (χ4n) is 3.46. The Morgan fingerprint density at radius 3 is 2.50 bits per heavy atom. The van der Waals surface area contributed by atoms with E-state index < -0.39 is 21.7 Å². The molecule has 12 heteroatoms. The van der Waals surface area contributed by atoms with Gasteiger partial charge in [0.1, 0.15) is 16.4 Å². The van der Waals surface area contributed by atoms with E-state index in [1.807, 2.05) is 0 Å². The van der Waals surface area contributed by atoms with Crippen LogP contribution in [0.15, 0.2) is 35.2 Å². The molecule has 1 aromatic heterocycles. The Morgan fingerprint density at radius 2 is 1.84 bits per heavy atom. The number of amides is 1. The molecule has 0 spiro atoms. The Labute approximate surface area is 183 Å². The number of hydrogen-bond acceptors (Lipinski definition) is 8. The quantitative estimate of drug-likeness (QED) is 0.437. The Bertz CT molecular complexity index is 1300. The number of benzene rings is 2. The standard InChI is InChI=1S/C20H21N5O6S/c1-11-2-3-12(19-22-20(18(21)28)24-23-19)8-13(11)14-9-17(16(27)10-15(14)26)32(29,30)25-4-6-31-7-5-25/h2-3,8-10,26-27H,4-7H2,1H3,(H2,21,28)(H,22,23,24). The number of primary amides is 1. The fourth-order valence-corrected chi connectivity index (χ4v) is 4.96. The maximum atomic E-state index is 13.1. The van der Waals surface area contributed by atoms with Crippen LogP contribution in [0.25, 0.3) is 22.5 Å². The van der Waals surface area contributed by atoms with Crippen LogP contribution in [0.2, 0.25) is 0 Å². The molecule has 4 rings (SSSR count). The molecule has 11 nitrogen and oxygen atoms in total. The van der Waals surface area contributed by atoms with Gasteiger partial charge in [-0.15, -0.1) is 0 Å². The number of aromatic nitrogens is 3. The summed E-state index contributed by atoms with van der Waals surface area (Å²) in [7, 11) is -4.01. The number of carbonyl (C=O) groups is 1. The maximum absolute atomic E-state index is 13.1. The van der Waals surface area contributed by atoms with E-state index in [-0.39, 0.29) is 54.2 Å². The van der Waals surface area contributed by atoms with Gasteiger partial charge in [0, 0.05) is 30.3 Å². The number of aromatic hydroxyl groups is 2. The molecule has 168 valence electrons. The number of carbonyl (C=O) groups excluding carboxylic acids is 1. The fraction of sp³-hybridized carbons (Fsp3) is 0.250. The monoisotopic (exact) mass is 459 g/mol. The van der Waals surface area contributed by atoms with Crippen LogP contribution in [0, 0.1) is 6.92 Å². The zero-order valence-electron chi connectivity index (χ0n) is 17.1. The topological polar surface area (TPSA) is 172 Å². The van der Waals surface area contributed by atoms with Gasteiger partial charge in [0.05, 0.1) is 13.2 Å². The van der Waals surface area contributed by atoms with Gasteiger partial charge in [0.25, 0.3) is 5.91 Å². The first-order valence-electron chi connectivity index (χ1n) is 9.66. The molecular weight excluding hydrogens is 438 g/mol. The second-order valence-corrected chi connectivity index (χ2v) is 9.16. The molecule has 1 aliphatic heterocycles. The van der Waals surface area contributed by atoms with Crippen molar-refractivity contribution in [1.29, 1.82) is 0 Å². The molecule has 0 atom stereocenters. The van der Waals surface area contributed by atoms with Gasteiger partial charge >= 0.3 is 0 Å². The molecule has 0 unspecified atom stereocenters. The van der Waals surface area contributed by atoms with E-state index >= 15 is 0 Å². The Kier molecular flexibility index (Phi) is 5.59. The molecule has 1 amide bonds. The van der Waals surface area contributed by atoms with Crippen LogP contribution in [0.4, 0.5) is 0 Å². The summed E-state index contributed by atoms with van der Waals surface area (Å²) in [4.78, 5) is 15.0. The largest absolute Gasteiger partial charge is 0.507 e. The lowest BCUT2D eigenvalue weighted by Gasteiger charge is -2.26. The molecule has 2 heterocycles. The molecule has 1 saturated heterocycles. The molecule has 1 aliphatic rings. The van der Waals surface area contributed by atoms with Gasteiger partial charge in [-0.2, -0.15) is 9.40 Å². The second-order valence-electron chi connectivity index (χ2n) is 7.26. The van der Waals surface area contributed by atoms with Gasteiger partial charge < -0.3 is 20.7 Å². The van der Waals surface area contributed by atoms with Crippen LogP contribution in [-0.2, 0) is 14.8 Å². The first-order chi connectivity index (χ1) is 15.2. The molecule has 0 radical (unpaired) electrons. The number of phenols is 2. The smallest absolute Gasteiger partial charge is 0.286 e. The average molecular weight is 459 g/mol. The summed E-state index contributed by atoms with van der Waals surface area (Å²) in [5, 5.41) is 27.3. The van der Waals surface area contributed by atoms with Crippen molar-refractivity contribution in [2.45, 2.75) is 11.8 Å². The van der Waals surface area contributed by atoms with Gasteiger partial charge in [0.2, 0.25) is 15.8 Å². The van der Waals surface area contributed by atoms with E-state index in [4.69, 9.17) is 10.5 Å². The molecule has 3 aromatic rings. The third-order valence-electron chi connectivity index (χ3n) is 5.17. The lowest BCUT2D eigenvalue weighted by Crippen LogP contribution is -2.40. The predicted molar refractivity (Wildman–Crippen MR) is 113 cm³/mol. The molecule has 0 aliphatic carbocycles. The van der Waals surface area contributed by atoms with Crippen molar-refractivity contribution in [3.05, 3.63) is 41.7 Å². The van der Waals surface area contributed by atoms with Gasteiger partial charge in [-0.25, -0.2) is 13.4 Å². The Hall–Kier alpha value is -3.48. The minimum Gasteiger partial charge on any atom is -0.507 e. The van der Waals surface area contributed by atoms with Crippen LogP contribution < -0.4 is 5.73 Å². The van der Waals surface area contributed by atoms with E-state index in [0.717, 1.165) is 11.6 Å². The van der Waals surface area contributed by atoms with Gasteiger partial charge in [-0.1, -0.05) is 12.1 Å². The molecule has 5 N–H and O–H groups in total. The lowest BCUT2D eigenvalue weighted by atomic mass is 9.97. The first-order valence-corrected chi connectivity index (χ1v) is 11.1. The molecular formula is C20H21N5O6S. The third kappa shape index (κ3) is 3.90. The van der Waals surface area contributed by atoms with Crippen LogP contribution >= 0.6 is 0 Å². The van der Waals surface area contributed by atoms with E-state index in [0.29, 0.717) is 11.1 Å². The van der Waals surface area contributed by atoms with Gasteiger partial charge in [-0.05, 0) is 30.2 Å². The SMILES string of the molecule is Cc1ccc(-c2n[nH]c(C(N)=O)n2)cc1-c1cc(S(=O)(=O)N2CCOCC2)c(O)cc1O. The molecule has 0 saturated carbocycles. The number of nitrogens with two attached hydrogens (primary N) is 1. The molecule has 0 bridgehead atoms. The van der Waals surface area contributed by atoms with E-state index in [1.54, 1.807) is 25.1 Å². The molecule has 32 heavy (non-hydrogen) atoms. The Balaban J connectivity index is 1.81. The number of H-pyrrole nitrogens is 1. The third-order valence-corrected chi connectivity index (χ3v) is 7.10. The van der Waals surface area contributed by atoms with E-state index in [1.165, 1.54) is 10.4 Å². The van der Waals surface area contributed by atoms with Crippen LogP contribution in [-0.4, -0.2) is 70.3 Å². The average Bonchev–Trinajstić information content (AvgIpc) is 3.26. The lowest BCUT2D eigenvalue weighted by molar-refractivity contribution is 0.0729. The van der Waals surface area contributed by atoms with Crippen molar-refractivity contribution in [3.63, 3.8) is 0 Å². The summed E-state index contributed by atoms with van der Waals surface area (Å²) in [5.74, 6) is -1.50. The summed E-state index contributed by atoms with van der Waals surface area (Å²) in [5.41, 5.74) is 7.16. The highest BCUT2D eigenvalue weighted by Crippen LogP contribution is 2.40. The van der Waals surface area contributed by atoms with Crippen LogP contribution in [0.3, 0.4) is 0 Å². The van der Waals surface area contributed by atoms with Crippen LogP contribution in [0.5, 0.6) is 11.5 Å². The first kappa shape index (κ1) is 21.7. The highest BCUT2D eigenvalue weighted by Gasteiger charge is 2.30. The highest BCUT2D eigenvalue weighted by molar-refractivity contribution is 7.89.